The maximum absolute atomic E-state index is 12.3. The molecule has 0 aromatic heterocycles. The first-order valence-corrected chi connectivity index (χ1v) is 7.71. The monoisotopic (exact) mass is 306 g/mol. The predicted octanol–water partition coefficient (Wildman–Crippen LogP) is 3.73. The molecule has 2 atom stereocenters. The fourth-order valence-electron chi connectivity index (χ4n) is 2.83. The van der Waals surface area contributed by atoms with E-state index in [-0.39, 0.29) is 11.8 Å². The van der Waals surface area contributed by atoms with E-state index in [1.54, 1.807) is 19.0 Å². The van der Waals surface area contributed by atoms with Gasteiger partial charge in [0.25, 0.3) is 0 Å². The van der Waals surface area contributed by atoms with E-state index in [4.69, 9.17) is 0 Å². The van der Waals surface area contributed by atoms with Crippen LogP contribution < -0.4 is 0 Å². The molecule has 2 aromatic carbocycles. The number of amides is 1. The van der Waals surface area contributed by atoms with E-state index in [2.05, 4.69) is 6.07 Å². The van der Waals surface area contributed by atoms with Gasteiger partial charge in [0.05, 0.1) is 11.5 Å². The summed E-state index contributed by atoms with van der Waals surface area (Å²) in [6, 6.07) is 22.0. The number of carbonyl (C=O) groups is 1. The fourth-order valence-corrected chi connectivity index (χ4v) is 2.83. The molecule has 1 amide bonds. The van der Waals surface area contributed by atoms with E-state index < -0.39 is 5.41 Å². The first-order valence-electron chi connectivity index (χ1n) is 7.71. The average molecular weight is 306 g/mol. The average Bonchev–Trinajstić information content (AvgIpc) is 2.60. The zero-order valence-electron chi connectivity index (χ0n) is 13.9. The number of nitrogens with zero attached hydrogens (tertiary/aromatic N) is 2. The van der Waals surface area contributed by atoms with Gasteiger partial charge in [0.15, 0.2) is 0 Å². The van der Waals surface area contributed by atoms with Crippen LogP contribution in [0.4, 0.5) is 0 Å². The minimum absolute atomic E-state index is 0.0243. The molecule has 118 valence electrons. The van der Waals surface area contributed by atoms with E-state index in [9.17, 15) is 10.1 Å². The molecule has 0 saturated heterocycles. The van der Waals surface area contributed by atoms with E-state index in [1.807, 2.05) is 67.6 Å². The topological polar surface area (TPSA) is 44.1 Å². The quantitative estimate of drug-likeness (QED) is 0.845. The third-order valence-electron chi connectivity index (χ3n) is 4.38. The van der Waals surface area contributed by atoms with Gasteiger partial charge in [-0.3, -0.25) is 4.79 Å². The molecule has 0 radical (unpaired) electrons. The molecule has 0 aliphatic carbocycles. The van der Waals surface area contributed by atoms with Crippen LogP contribution in [0.1, 0.15) is 30.4 Å². The van der Waals surface area contributed by atoms with Crippen molar-refractivity contribution >= 4 is 5.91 Å². The second kappa shape index (κ2) is 7.11. The van der Waals surface area contributed by atoms with E-state index in [0.717, 1.165) is 11.1 Å². The Balaban J connectivity index is 2.51. The van der Waals surface area contributed by atoms with Crippen molar-refractivity contribution in [1.29, 1.82) is 5.26 Å². The number of carbonyl (C=O) groups excluding carboxylic acids is 1. The molecule has 0 spiro atoms. The van der Waals surface area contributed by atoms with Crippen LogP contribution in [0.25, 0.3) is 0 Å². The number of rotatable bonds is 5. The first kappa shape index (κ1) is 16.8. The second-order valence-corrected chi connectivity index (χ2v) is 6.14. The molecular weight excluding hydrogens is 284 g/mol. The van der Waals surface area contributed by atoms with Crippen LogP contribution in [0.15, 0.2) is 60.7 Å². The molecule has 0 N–H and O–H groups in total. The Kier molecular flexibility index (Phi) is 5.18. The lowest BCUT2D eigenvalue weighted by atomic mass is 9.68. The predicted molar refractivity (Wildman–Crippen MR) is 91.9 cm³/mol. The van der Waals surface area contributed by atoms with Crippen LogP contribution in [0.2, 0.25) is 0 Å². The normalized spacial score (nSPS) is 14.3. The first-order chi connectivity index (χ1) is 11.0. The maximum atomic E-state index is 12.3. The van der Waals surface area contributed by atoms with Crippen molar-refractivity contribution in [2.45, 2.75) is 24.7 Å². The van der Waals surface area contributed by atoms with E-state index in [1.165, 1.54) is 0 Å². The van der Waals surface area contributed by atoms with Crippen LogP contribution in [0, 0.1) is 11.3 Å². The molecule has 0 saturated carbocycles. The van der Waals surface area contributed by atoms with Crippen molar-refractivity contribution in [2.75, 3.05) is 14.1 Å². The Morgan fingerprint density at radius 3 is 2.09 bits per heavy atom. The number of nitriles is 1. The minimum Gasteiger partial charge on any atom is -0.349 e. The summed E-state index contributed by atoms with van der Waals surface area (Å²) >= 11 is 0. The van der Waals surface area contributed by atoms with Gasteiger partial charge in [-0.1, -0.05) is 60.7 Å². The molecule has 0 heterocycles. The highest BCUT2D eigenvalue weighted by atomic mass is 16.2. The molecule has 2 aromatic rings. The molecular formula is C20H22N2O. The highest BCUT2D eigenvalue weighted by Gasteiger charge is 2.38. The van der Waals surface area contributed by atoms with E-state index in [0.29, 0.717) is 6.42 Å². The number of hydrogen-bond acceptors (Lipinski definition) is 2. The second-order valence-electron chi connectivity index (χ2n) is 6.14. The zero-order valence-corrected chi connectivity index (χ0v) is 13.9. The van der Waals surface area contributed by atoms with Gasteiger partial charge in [-0.25, -0.2) is 0 Å². The highest BCUT2D eigenvalue weighted by Crippen LogP contribution is 2.41. The smallest absolute Gasteiger partial charge is 0.222 e. The van der Waals surface area contributed by atoms with Crippen molar-refractivity contribution in [1.82, 2.24) is 4.90 Å². The summed E-state index contributed by atoms with van der Waals surface area (Å²) in [6.07, 6.45) is 0.302. The molecule has 0 fully saturated rings. The van der Waals surface area contributed by atoms with Gasteiger partial charge >= 0.3 is 0 Å². The van der Waals surface area contributed by atoms with Crippen LogP contribution >= 0.6 is 0 Å². The van der Waals surface area contributed by atoms with E-state index >= 15 is 0 Å². The summed E-state index contributed by atoms with van der Waals surface area (Å²) in [5, 5.41) is 9.95. The lowest BCUT2D eigenvalue weighted by Gasteiger charge is -2.33. The van der Waals surface area contributed by atoms with Gasteiger partial charge in [0, 0.05) is 26.4 Å². The van der Waals surface area contributed by atoms with Crippen molar-refractivity contribution in [3.63, 3.8) is 0 Å². The molecule has 23 heavy (non-hydrogen) atoms. The third-order valence-corrected chi connectivity index (χ3v) is 4.38. The van der Waals surface area contributed by atoms with Gasteiger partial charge in [0.2, 0.25) is 5.91 Å². The Hall–Kier alpha value is -2.60. The van der Waals surface area contributed by atoms with Crippen molar-refractivity contribution in [2.24, 2.45) is 0 Å². The molecule has 3 heteroatoms. The standard InChI is InChI=1S/C20H22N2O/c1-20(15-21,17-12-8-5-9-13-17)18(14-19(23)22(2)3)16-10-6-4-7-11-16/h4-13,18H,14H2,1-3H3/t18-,20-/m0/s1. The molecule has 0 unspecified atom stereocenters. The summed E-state index contributed by atoms with van der Waals surface area (Å²) in [7, 11) is 3.49. The lowest BCUT2D eigenvalue weighted by molar-refractivity contribution is -0.129. The summed E-state index contributed by atoms with van der Waals surface area (Å²) in [4.78, 5) is 13.9. The van der Waals surface area contributed by atoms with Gasteiger partial charge < -0.3 is 4.90 Å². The van der Waals surface area contributed by atoms with Gasteiger partial charge in [-0.05, 0) is 18.1 Å². The number of benzene rings is 2. The minimum atomic E-state index is -0.770. The van der Waals surface area contributed by atoms with Crippen molar-refractivity contribution < 1.29 is 4.79 Å². The lowest BCUT2D eigenvalue weighted by Crippen LogP contribution is -2.33. The van der Waals surface area contributed by atoms with Crippen LogP contribution in [-0.2, 0) is 10.2 Å². The van der Waals surface area contributed by atoms with Gasteiger partial charge in [-0.15, -0.1) is 0 Å². The van der Waals surface area contributed by atoms with Crippen LogP contribution in [0.5, 0.6) is 0 Å². The van der Waals surface area contributed by atoms with Crippen molar-refractivity contribution in [3.8, 4) is 6.07 Å². The van der Waals surface area contributed by atoms with Gasteiger partial charge in [-0.2, -0.15) is 5.26 Å². The maximum Gasteiger partial charge on any atom is 0.222 e. The summed E-state index contributed by atoms with van der Waals surface area (Å²) in [6.45, 7) is 1.92. The SMILES string of the molecule is CN(C)C(=O)C[C@@H](c1ccccc1)[C@@](C)(C#N)c1ccccc1. The summed E-state index contributed by atoms with van der Waals surface area (Å²) < 4.78 is 0. The fraction of sp³-hybridized carbons (Fsp3) is 0.300. The van der Waals surface area contributed by atoms with Crippen LogP contribution in [-0.4, -0.2) is 24.9 Å². The molecule has 2 rings (SSSR count). The zero-order chi connectivity index (χ0) is 16.9. The number of hydrogen-bond donors (Lipinski definition) is 0. The Morgan fingerprint density at radius 1 is 1.09 bits per heavy atom. The molecule has 0 aliphatic heterocycles. The largest absolute Gasteiger partial charge is 0.349 e. The molecule has 0 bridgehead atoms. The Labute approximate surface area is 138 Å². The summed E-state index contributed by atoms with van der Waals surface area (Å²) in [5.74, 6) is -0.178. The van der Waals surface area contributed by atoms with Crippen LogP contribution in [0.3, 0.4) is 0 Å². The van der Waals surface area contributed by atoms with Crippen molar-refractivity contribution in [3.05, 3.63) is 71.8 Å². The highest BCUT2D eigenvalue weighted by molar-refractivity contribution is 5.77. The summed E-state index contributed by atoms with van der Waals surface area (Å²) in [5.41, 5.74) is 1.17. The Bertz CT molecular complexity index is 689. The Morgan fingerprint density at radius 2 is 1.61 bits per heavy atom. The third kappa shape index (κ3) is 3.60. The van der Waals surface area contributed by atoms with Gasteiger partial charge in [0.1, 0.15) is 0 Å². The molecule has 3 nitrogen and oxygen atoms in total. The molecule has 0 aliphatic rings.